The lowest BCUT2D eigenvalue weighted by molar-refractivity contribution is -0.274. The average molecular weight is 317 g/mol. The van der Waals surface area contributed by atoms with Gasteiger partial charge < -0.3 is 14.7 Å². The lowest BCUT2D eigenvalue weighted by Gasteiger charge is -2.31. The van der Waals surface area contributed by atoms with E-state index in [-0.39, 0.29) is 5.56 Å². The second kappa shape index (κ2) is 5.51. The molecule has 5 nitrogen and oxygen atoms in total. The zero-order chi connectivity index (χ0) is 16.5. The van der Waals surface area contributed by atoms with E-state index in [1.807, 2.05) is 0 Å². The smallest absolute Gasteiger partial charge is 0.480 e. The summed E-state index contributed by atoms with van der Waals surface area (Å²) in [5.74, 6) is -2.07. The summed E-state index contributed by atoms with van der Waals surface area (Å²) in [6, 6.07) is 4.41. The van der Waals surface area contributed by atoms with Crippen LogP contribution in [0.2, 0.25) is 0 Å². The van der Waals surface area contributed by atoms with E-state index in [9.17, 15) is 27.9 Å². The first-order valence-corrected chi connectivity index (χ1v) is 6.55. The largest absolute Gasteiger partial charge is 0.573 e. The summed E-state index contributed by atoms with van der Waals surface area (Å²) in [5.41, 5.74) is -1.18. The molecule has 1 atom stereocenters. The Morgan fingerprint density at radius 1 is 1.27 bits per heavy atom. The van der Waals surface area contributed by atoms with Gasteiger partial charge in [-0.1, -0.05) is 0 Å². The number of hydrogen-bond donors (Lipinski definition) is 1. The van der Waals surface area contributed by atoms with E-state index >= 15 is 0 Å². The van der Waals surface area contributed by atoms with Crippen LogP contribution in [0.5, 0.6) is 5.75 Å². The number of carbonyl (C=O) groups excluding carboxylic acids is 1. The zero-order valence-electron chi connectivity index (χ0n) is 11.7. The summed E-state index contributed by atoms with van der Waals surface area (Å²) >= 11 is 0. The summed E-state index contributed by atoms with van der Waals surface area (Å²) in [6.45, 7) is 1.75. The number of amides is 1. The van der Waals surface area contributed by atoms with Crippen molar-refractivity contribution in [2.75, 3.05) is 6.54 Å². The van der Waals surface area contributed by atoms with Gasteiger partial charge in [0.05, 0.1) is 0 Å². The molecular formula is C14H14F3NO4. The van der Waals surface area contributed by atoms with E-state index in [4.69, 9.17) is 0 Å². The Morgan fingerprint density at radius 2 is 1.86 bits per heavy atom. The van der Waals surface area contributed by atoms with E-state index in [0.717, 1.165) is 12.1 Å². The topological polar surface area (TPSA) is 66.8 Å². The van der Waals surface area contributed by atoms with Gasteiger partial charge in [-0.15, -0.1) is 13.2 Å². The van der Waals surface area contributed by atoms with E-state index in [2.05, 4.69) is 4.74 Å². The van der Waals surface area contributed by atoms with Gasteiger partial charge in [-0.05, 0) is 44.0 Å². The van der Waals surface area contributed by atoms with Crippen molar-refractivity contribution in [3.8, 4) is 5.75 Å². The number of likely N-dealkylation sites (tertiary alicyclic amines) is 1. The van der Waals surface area contributed by atoms with Crippen molar-refractivity contribution < 1.29 is 32.6 Å². The van der Waals surface area contributed by atoms with Crippen LogP contribution in [0.1, 0.15) is 30.1 Å². The van der Waals surface area contributed by atoms with Crippen molar-refractivity contribution in [3.05, 3.63) is 29.8 Å². The number of benzene rings is 1. The van der Waals surface area contributed by atoms with E-state index in [1.54, 1.807) is 0 Å². The molecule has 2 rings (SSSR count). The molecule has 8 heteroatoms. The van der Waals surface area contributed by atoms with Gasteiger partial charge in [0.25, 0.3) is 5.91 Å². The van der Waals surface area contributed by atoms with Gasteiger partial charge in [0, 0.05) is 12.1 Å². The second-order valence-electron chi connectivity index (χ2n) is 5.21. The van der Waals surface area contributed by atoms with Gasteiger partial charge in [0.15, 0.2) is 0 Å². The molecule has 0 spiro atoms. The van der Waals surface area contributed by atoms with Crippen molar-refractivity contribution >= 4 is 11.9 Å². The molecule has 0 aromatic heterocycles. The van der Waals surface area contributed by atoms with Crippen molar-refractivity contribution in [1.29, 1.82) is 0 Å². The Bertz CT molecular complexity index is 585. The third-order valence-electron chi connectivity index (χ3n) is 3.68. The van der Waals surface area contributed by atoms with Gasteiger partial charge >= 0.3 is 12.3 Å². The maximum atomic E-state index is 12.4. The Kier molecular flexibility index (Phi) is 4.04. The third kappa shape index (κ3) is 3.15. The molecule has 1 aromatic carbocycles. The third-order valence-corrected chi connectivity index (χ3v) is 3.68. The molecule has 0 bridgehead atoms. The van der Waals surface area contributed by atoms with E-state index < -0.39 is 29.5 Å². The Morgan fingerprint density at radius 3 is 2.36 bits per heavy atom. The molecule has 1 aromatic rings. The monoisotopic (exact) mass is 317 g/mol. The number of carboxylic acids is 1. The molecular weight excluding hydrogens is 303 g/mol. The van der Waals surface area contributed by atoms with Gasteiger partial charge in [-0.3, -0.25) is 4.79 Å². The van der Waals surface area contributed by atoms with Crippen LogP contribution in [0, 0.1) is 0 Å². The Hall–Kier alpha value is -2.25. The first kappa shape index (κ1) is 16.1. The highest BCUT2D eigenvalue weighted by Crippen LogP contribution is 2.31. The summed E-state index contributed by atoms with van der Waals surface area (Å²) in [5, 5.41) is 9.27. The average Bonchev–Trinajstić information content (AvgIpc) is 2.80. The molecule has 1 aliphatic heterocycles. The first-order valence-electron chi connectivity index (χ1n) is 6.55. The lowest BCUT2D eigenvalue weighted by Crippen LogP contribution is -2.50. The number of carboxylic acid groups (broad SMARTS) is 1. The molecule has 0 radical (unpaired) electrons. The number of ether oxygens (including phenoxy) is 1. The number of carbonyl (C=O) groups is 2. The molecule has 1 N–H and O–H groups in total. The number of alkyl halides is 3. The second-order valence-corrected chi connectivity index (χ2v) is 5.21. The molecule has 1 fully saturated rings. The fraction of sp³-hybridized carbons (Fsp3) is 0.429. The van der Waals surface area contributed by atoms with Crippen molar-refractivity contribution in [2.45, 2.75) is 31.7 Å². The summed E-state index contributed by atoms with van der Waals surface area (Å²) in [7, 11) is 0. The van der Waals surface area contributed by atoms with Crippen LogP contribution in [0.4, 0.5) is 13.2 Å². The van der Waals surface area contributed by atoms with Crippen molar-refractivity contribution in [2.24, 2.45) is 0 Å². The van der Waals surface area contributed by atoms with Crippen LogP contribution in [0.3, 0.4) is 0 Å². The van der Waals surface area contributed by atoms with Crippen molar-refractivity contribution in [3.63, 3.8) is 0 Å². The minimum absolute atomic E-state index is 0.115. The van der Waals surface area contributed by atoms with E-state index in [0.29, 0.717) is 19.4 Å². The first-order chi connectivity index (χ1) is 10.1. The van der Waals surface area contributed by atoms with Crippen LogP contribution in [0.15, 0.2) is 24.3 Å². The highest BCUT2D eigenvalue weighted by atomic mass is 19.4. The predicted molar refractivity (Wildman–Crippen MR) is 69.4 cm³/mol. The molecule has 120 valence electrons. The Balaban J connectivity index is 2.18. The van der Waals surface area contributed by atoms with Gasteiger partial charge in [-0.25, -0.2) is 4.79 Å². The summed E-state index contributed by atoms with van der Waals surface area (Å²) in [6.07, 6.45) is -3.91. The molecule has 0 saturated carbocycles. The normalized spacial score (nSPS) is 21.7. The standard InChI is InChI=1S/C14H14F3NO4/c1-13(12(20)21)7-2-8-18(13)11(19)9-3-5-10(6-4-9)22-14(15,16)17/h3-6H,2,7-8H2,1H3,(H,20,21). The molecule has 1 heterocycles. The predicted octanol–water partition coefficient (Wildman–Crippen LogP) is 2.66. The molecule has 22 heavy (non-hydrogen) atoms. The highest BCUT2D eigenvalue weighted by Gasteiger charge is 2.46. The minimum Gasteiger partial charge on any atom is -0.480 e. The van der Waals surface area contributed by atoms with Gasteiger partial charge in [-0.2, -0.15) is 0 Å². The van der Waals surface area contributed by atoms with Crippen LogP contribution in [0.25, 0.3) is 0 Å². The molecule has 0 aliphatic carbocycles. The molecule has 1 aliphatic rings. The lowest BCUT2D eigenvalue weighted by atomic mass is 9.98. The number of nitrogens with zero attached hydrogens (tertiary/aromatic N) is 1. The summed E-state index contributed by atoms with van der Waals surface area (Å²) < 4.78 is 39.9. The fourth-order valence-electron chi connectivity index (χ4n) is 2.47. The fourth-order valence-corrected chi connectivity index (χ4v) is 2.47. The quantitative estimate of drug-likeness (QED) is 0.931. The van der Waals surface area contributed by atoms with Crippen molar-refractivity contribution in [1.82, 2.24) is 4.90 Å². The molecule has 1 amide bonds. The number of hydrogen-bond acceptors (Lipinski definition) is 3. The number of rotatable bonds is 3. The van der Waals surface area contributed by atoms with Gasteiger partial charge in [0.2, 0.25) is 0 Å². The molecule has 1 unspecified atom stereocenters. The number of halogens is 3. The zero-order valence-corrected chi connectivity index (χ0v) is 11.7. The molecule has 1 saturated heterocycles. The van der Waals surface area contributed by atoms with Crippen LogP contribution in [-0.4, -0.2) is 40.3 Å². The SMILES string of the molecule is CC1(C(=O)O)CCCN1C(=O)c1ccc(OC(F)(F)F)cc1. The van der Waals surface area contributed by atoms with Crippen LogP contribution in [-0.2, 0) is 4.79 Å². The van der Waals surface area contributed by atoms with E-state index in [1.165, 1.54) is 24.0 Å². The minimum atomic E-state index is -4.80. The summed E-state index contributed by atoms with van der Waals surface area (Å²) in [4.78, 5) is 24.9. The maximum Gasteiger partial charge on any atom is 0.573 e. The van der Waals surface area contributed by atoms with Crippen LogP contribution < -0.4 is 4.74 Å². The maximum absolute atomic E-state index is 12.4. The van der Waals surface area contributed by atoms with Gasteiger partial charge in [0.1, 0.15) is 11.3 Å². The number of aliphatic carboxylic acids is 1. The highest BCUT2D eigenvalue weighted by molar-refractivity contribution is 5.98. The van der Waals surface area contributed by atoms with Crippen LogP contribution >= 0.6 is 0 Å². The Labute approximate surface area is 124 Å².